The Bertz CT molecular complexity index is 632. The van der Waals surface area contributed by atoms with Gasteiger partial charge in [-0.2, -0.15) is 5.26 Å². The summed E-state index contributed by atoms with van der Waals surface area (Å²) in [5, 5.41) is 25.1. The fraction of sp³-hybridized carbons (Fsp3) is 0.167. The van der Waals surface area contributed by atoms with Gasteiger partial charge in [0.15, 0.2) is 0 Å². The number of nitrogens with one attached hydrogen (secondary N) is 2. The maximum Gasteiger partial charge on any atom is 0.245 e. The summed E-state index contributed by atoms with van der Waals surface area (Å²) < 4.78 is 0. The molecule has 0 bridgehead atoms. The second kappa shape index (κ2) is 6.88. The van der Waals surface area contributed by atoms with Crippen LogP contribution in [-0.2, 0) is 4.79 Å². The smallest absolute Gasteiger partial charge is 0.245 e. The van der Waals surface area contributed by atoms with E-state index in [0.717, 1.165) is 27.4 Å². The number of carbonyl (C=O) groups excluding carboxylic acids is 1. The van der Waals surface area contributed by atoms with Gasteiger partial charge in [0.05, 0.1) is 6.54 Å². The first kappa shape index (κ1) is 14.3. The van der Waals surface area contributed by atoms with Gasteiger partial charge in [-0.25, -0.2) is 0 Å². The average Bonchev–Trinajstić information content (AvgIpc) is 2.84. The first-order valence-electron chi connectivity index (χ1n) is 5.67. The van der Waals surface area contributed by atoms with Crippen LogP contribution in [0.1, 0.15) is 5.01 Å². The van der Waals surface area contributed by atoms with E-state index in [-0.39, 0.29) is 12.5 Å². The molecule has 6 nitrogen and oxygen atoms in total. The largest absolute Gasteiger partial charge is 0.376 e. The molecule has 1 aromatic heterocycles. The van der Waals surface area contributed by atoms with Crippen molar-refractivity contribution < 1.29 is 4.79 Å². The number of nitriles is 1. The molecular weight excluding hydrogens is 294 g/mol. The van der Waals surface area contributed by atoms with Crippen molar-refractivity contribution in [2.45, 2.75) is 11.8 Å². The molecule has 0 aliphatic rings. The third-order valence-corrected chi connectivity index (χ3v) is 3.60. The highest BCUT2D eigenvalue weighted by molar-refractivity contribution is 8.03. The lowest BCUT2D eigenvalue weighted by Gasteiger charge is -2.06. The van der Waals surface area contributed by atoms with Crippen LogP contribution >= 0.6 is 23.1 Å². The normalized spacial score (nSPS) is 9.80. The number of aryl methyl sites for hydroxylation is 1. The van der Waals surface area contributed by atoms with Gasteiger partial charge in [0.25, 0.3) is 0 Å². The maximum atomic E-state index is 11.7. The Balaban J connectivity index is 1.82. The van der Waals surface area contributed by atoms with E-state index in [1.807, 2.05) is 36.6 Å². The Morgan fingerprint density at radius 2 is 2.15 bits per heavy atom. The van der Waals surface area contributed by atoms with Crippen LogP contribution in [0.15, 0.2) is 29.2 Å². The van der Waals surface area contributed by atoms with Crippen molar-refractivity contribution in [3.8, 4) is 5.40 Å². The van der Waals surface area contributed by atoms with Crippen LogP contribution in [0.3, 0.4) is 0 Å². The highest BCUT2D eigenvalue weighted by Gasteiger charge is 2.06. The molecule has 2 N–H and O–H groups in total. The number of thiocyanates is 1. The minimum atomic E-state index is -0.184. The fourth-order valence-corrected chi connectivity index (χ4v) is 2.37. The standard InChI is InChI=1S/C12H11N5OS2/c1-8-16-17-12(20-8)15-11(18)6-14-9-2-4-10(5-3-9)19-7-13/h2-5,14H,6H2,1H3,(H,15,17,18). The van der Waals surface area contributed by atoms with Gasteiger partial charge in [-0.1, -0.05) is 11.3 Å². The average molecular weight is 305 g/mol. The molecule has 20 heavy (non-hydrogen) atoms. The number of hydrogen-bond acceptors (Lipinski definition) is 7. The molecule has 2 aromatic rings. The molecule has 0 atom stereocenters. The SMILES string of the molecule is Cc1nnc(NC(=O)CNc2ccc(SC#N)cc2)s1. The number of rotatable bonds is 5. The quantitative estimate of drug-likeness (QED) is 0.651. The Labute approximate surface area is 124 Å². The molecule has 0 unspecified atom stereocenters. The number of aromatic nitrogens is 2. The summed E-state index contributed by atoms with van der Waals surface area (Å²) >= 11 is 2.43. The molecule has 0 aliphatic heterocycles. The zero-order valence-electron chi connectivity index (χ0n) is 10.6. The van der Waals surface area contributed by atoms with Crippen molar-refractivity contribution in [1.82, 2.24) is 10.2 Å². The number of carbonyl (C=O) groups is 1. The summed E-state index contributed by atoms with van der Waals surface area (Å²) in [6.07, 6.45) is 0. The lowest BCUT2D eigenvalue weighted by atomic mass is 10.3. The van der Waals surface area contributed by atoms with Crippen LogP contribution in [0.25, 0.3) is 0 Å². The third-order valence-electron chi connectivity index (χ3n) is 2.24. The monoisotopic (exact) mass is 305 g/mol. The minimum Gasteiger partial charge on any atom is -0.376 e. The summed E-state index contributed by atoms with van der Waals surface area (Å²) in [4.78, 5) is 12.6. The molecule has 102 valence electrons. The van der Waals surface area contributed by atoms with Crippen molar-refractivity contribution >= 4 is 39.8 Å². The van der Waals surface area contributed by atoms with Gasteiger partial charge < -0.3 is 5.32 Å². The van der Waals surface area contributed by atoms with E-state index in [9.17, 15) is 4.79 Å². The second-order valence-corrected chi connectivity index (χ2v) is 5.79. The van der Waals surface area contributed by atoms with Crippen molar-refractivity contribution in [2.75, 3.05) is 17.2 Å². The minimum absolute atomic E-state index is 0.142. The van der Waals surface area contributed by atoms with Crippen LogP contribution < -0.4 is 10.6 Å². The fourth-order valence-electron chi connectivity index (χ4n) is 1.39. The Hall–Kier alpha value is -2.11. The molecule has 0 fully saturated rings. The first-order chi connectivity index (χ1) is 9.67. The number of anilines is 2. The van der Waals surface area contributed by atoms with Gasteiger partial charge in [0, 0.05) is 10.6 Å². The Kier molecular flexibility index (Phi) is 4.92. The highest BCUT2D eigenvalue weighted by atomic mass is 32.2. The van der Waals surface area contributed by atoms with Gasteiger partial charge in [0.2, 0.25) is 11.0 Å². The molecule has 1 aromatic carbocycles. The molecule has 1 amide bonds. The zero-order chi connectivity index (χ0) is 14.4. The van der Waals surface area contributed by atoms with E-state index >= 15 is 0 Å². The predicted octanol–water partition coefficient (Wildman–Crippen LogP) is 2.47. The van der Waals surface area contributed by atoms with Crippen molar-refractivity contribution in [3.05, 3.63) is 29.3 Å². The predicted molar refractivity (Wildman–Crippen MR) is 79.7 cm³/mol. The maximum absolute atomic E-state index is 11.7. The van der Waals surface area contributed by atoms with E-state index in [2.05, 4.69) is 20.8 Å². The molecule has 0 radical (unpaired) electrons. The Morgan fingerprint density at radius 1 is 1.40 bits per heavy atom. The summed E-state index contributed by atoms with van der Waals surface area (Å²) in [5.41, 5.74) is 0.816. The van der Waals surface area contributed by atoms with Crippen molar-refractivity contribution in [2.24, 2.45) is 0 Å². The van der Waals surface area contributed by atoms with Crippen molar-refractivity contribution in [3.63, 3.8) is 0 Å². The summed E-state index contributed by atoms with van der Waals surface area (Å²) in [5.74, 6) is -0.184. The van der Waals surface area contributed by atoms with E-state index in [0.29, 0.717) is 5.13 Å². The van der Waals surface area contributed by atoms with Crippen LogP contribution in [-0.4, -0.2) is 22.6 Å². The lowest BCUT2D eigenvalue weighted by molar-refractivity contribution is -0.114. The van der Waals surface area contributed by atoms with Crippen LogP contribution in [0.2, 0.25) is 0 Å². The topological polar surface area (TPSA) is 90.7 Å². The van der Waals surface area contributed by atoms with Crippen LogP contribution in [0.5, 0.6) is 0 Å². The van der Waals surface area contributed by atoms with E-state index in [1.165, 1.54) is 11.3 Å². The van der Waals surface area contributed by atoms with E-state index < -0.39 is 0 Å². The number of benzene rings is 1. The van der Waals surface area contributed by atoms with Crippen molar-refractivity contribution in [1.29, 1.82) is 5.26 Å². The zero-order valence-corrected chi connectivity index (χ0v) is 12.2. The molecule has 2 rings (SSSR count). The second-order valence-electron chi connectivity index (χ2n) is 3.75. The highest BCUT2D eigenvalue weighted by Crippen LogP contribution is 2.19. The van der Waals surface area contributed by atoms with Gasteiger partial charge in [0.1, 0.15) is 10.4 Å². The molecule has 0 saturated heterocycles. The Morgan fingerprint density at radius 3 is 2.75 bits per heavy atom. The number of nitrogens with zero attached hydrogens (tertiary/aromatic N) is 3. The number of thioether (sulfide) groups is 1. The summed E-state index contributed by atoms with van der Waals surface area (Å²) in [6.45, 7) is 1.97. The van der Waals surface area contributed by atoms with E-state index in [1.54, 1.807) is 0 Å². The first-order valence-corrected chi connectivity index (χ1v) is 7.30. The van der Waals surface area contributed by atoms with Crippen LogP contribution in [0, 0.1) is 17.6 Å². The van der Waals surface area contributed by atoms with Gasteiger partial charge in [-0.15, -0.1) is 10.2 Å². The van der Waals surface area contributed by atoms with Crippen LogP contribution in [0.4, 0.5) is 10.8 Å². The van der Waals surface area contributed by atoms with Gasteiger partial charge in [-0.05, 0) is 43.0 Å². The number of hydrogen-bond donors (Lipinski definition) is 2. The van der Waals surface area contributed by atoms with E-state index in [4.69, 9.17) is 5.26 Å². The van der Waals surface area contributed by atoms with Gasteiger partial charge in [-0.3, -0.25) is 10.1 Å². The lowest BCUT2D eigenvalue weighted by Crippen LogP contribution is -2.21. The van der Waals surface area contributed by atoms with Gasteiger partial charge >= 0.3 is 0 Å². The summed E-state index contributed by atoms with van der Waals surface area (Å²) in [7, 11) is 0. The molecule has 8 heteroatoms. The molecule has 0 spiro atoms. The molecule has 0 saturated carbocycles. The summed E-state index contributed by atoms with van der Waals surface area (Å²) in [6, 6.07) is 7.29. The number of amides is 1. The molecule has 1 heterocycles. The molecule has 0 aliphatic carbocycles. The molecular formula is C12H11N5OS2. The third kappa shape index (κ3) is 4.22.